The minimum atomic E-state index is 0.236. The number of nitrogens with one attached hydrogen (secondary N) is 2. The van der Waals surface area contributed by atoms with Crippen LogP contribution in [0.4, 0.5) is 0 Å². The highest BCUT2D eigenvalue weighted by atomic mass is 15.3. The molecule has 2 saturated heterocycles. The molecule has 0 atom stereocenters. The number of rotatable bonds is 13. The number of hydrogen-bond acceptors (Lipinski definition) is 4. The van der Waals surface area contributed by atoms with Crippen LogP contribution in [-0.2, 0) is 0 Å². The molecule has 2 aliphatic rings. The number of hydrogen-bond donors (Lipinski definition) is 2. The van der Waals surface area contributed by atoms with E-state index in [1.807, 2.05) is 0 Å². The van der Waals surface area contributed by atoms with Crippen LogP contribution in [0.1, 0.15) is 120 Å². The highest BCUT2D eigenvalue weighted by Gasteiger charge is 2.36. The second kappa shape index (κ2) is 12.0. The largest absolute Gasteiger partial charge is 0.304 e. The molecule has 0 unspecified atom stereocenters. The van der Waals surface area contributed by atoms with Gasteiger partial charge in [0.2, 0.25) is 0 Å². The Kier molecular flexibility index (Phi) is 10.5. The van der Waals surface area contributed by atoms with Crippen molar-refractivity contribution >= 4 is 0 Å². The lowest BCUT2D eigenvalue weighted by Crippen LogP contribution is -2.66. The Balaban J connectivity index is 1.41. The molecule has 0 aromatic carbocycles. The topological polar surface area (TPSA) is 30.5 Å². The van der Waals surface area contributed by atoms with Crippen molar-refractivity contribution in [3.05, 3.63) is 0 Å². The number of nitrogens with zero attached hydrogens (tertiary/aromatic N) is 2. The van der Waals surface area contributed by atoms with Gasteiger partial charge in [0.1, 0.15) is 0 Å². The van der Waals surface area contributed by atoms with E-state index in [1.54, 1.807) is 0 Å². The molecule has 4 heteroatoms. The van der Waals surface area contributed by atoms with Crippen molar-refractivity contribution in [3.63, 3.8) is 0 Å². The summed E-state index contributed by atoms with van der Waals surface area (Å²) in [4.78, 5) is 5.36. The lowest BCUT2D eigenvalue weighted by Gasteiger charge is -2.48. The molecule has 0 radical (unpaired) electrons. The zero-order chi connectivity index (χ0) is 23.9. The van der Waals surface area contributed by atoms with Crippen LogP contribution in [0.15, 0.2) is 0 Å². The smallest absolute Gasteiger partial charge is 0.0257 e. The Morgan fingerprint density at radius 3 is 0.875 bits per heavy atom. The van der Waals surface area contributed by atoms with Crippen LogP contribution in [0.3, 0.4) is 0 Å². The van der Waals surface area contributed by atoms with Crippen molar-refractivity contribution in [2.24, 2.45) is 0 Å². The fourth-order valence-electron chi connectivity index (χ4n) is 6.74. The SMILES string of the molecule is CC1(C)CN(CCCCCCCCCCCCN2CC(C)(C)NC(C)(C)C2)CC(C)(C)N1. The van der Waals surface area contributed by atoms with E-state index in [2.05, 4.69) is 75.8 Å². The third-order valence-corrected chi connectivity index (χ3v) is 7.03. The maximum atomic E-state index is 3.78. The quantitative estimate of drug-likeness (QED) is 0.347. The lowest BCUT2D eigenvalue weighted by atomic mass is 9.91. The Morgan fingerprint density at radius 2 is 0.625 bits per heavy atom. The molecule has 190 valence electrons. The predicted octanol–water partition coefficient (Wildman–Crippen LogP) is 5.81. The van der Waals surface area contributed by atoms with Crippen LogP contribution in [0.5, 0.6) is 0 Å². The summed E-state index contributed by atoms with van der Waals surface area (Å²) in [6.07, 6.45) is 14.1. The van der Waals surface area contributed by atoms with E-state index in [1.165, 1.54) is 103 Å². The van der Waals surface area contributed by atoms with Crippen LogP contribution in [0, 0.1) is 0 Å². The number of piperazine rings is 2. The Hall–Kier alpha value is -0.160. The molecule has 2 heterocycles. The predicted molar refractivity (Wildman–Crippen MR) is 142 cm³/mol. The highest BCUT2D eigenvalue weighted by molar-refractivity contribution is 4.98. The molecule has 32 heavy (non-hydrogen) atoms. The molecule has 2 aliphatic heterocycles. The normalized spacial score (nSPS) is 25.1. The molecule has 2 fully saturated rings. The molecule has 2 N–H and O–H groups in total. The summed E-state index contributed by atoms with van der Waals surface area (Å²) in [5.74, 6) is 0. The fourth-order valence-corrected chi connectivity index (χ4v) is 6.74. The molecule has 0 aromatic rings. The van der Waals surface area contributed by atoms with Gasteiger partial charge in [0, 0.05) is 48.3 Å². The summed E-state index contributed by atoms with van der Waals surface area (Å²) in [7, 11) is 0. The maximum Gasteiger partial charge on any atom is 0.0257 e. The van der Waals surface area contributed by atoms with Gasteiger partial charge in [0.05, 0.1) is 0 Å². The van der Waals surface area contributed by atoms with E-state index in [-0.39, 0.29) is 22.2 Å². The average molecular weight is 451 g/mol. The Bertz CT molecular complexity index is 458. The van der Waals surface area contributed by atoms with Crippen molar-refractivity contribution in [3.8, 4) is 0 Å². The van der Waals surface area contributed by atoms with Crippen molar-refractivity contribution in [2.75, 3.05) is 39.3 Å². The van der Waals surface area contributed by atoms with Gasteiger partial charge in [-0.2, -0.15) is 0 Å². The van der Waals surface area contributed by atoms with Crippen LogP contribution in [0.25, 0.3) is 0 Å². The van der Waals surface area contributed by atoms with E-state index < -0.39 is 0 Å². The van der Waals surface area contributed by atoms with Crippen LogP contribution < -0.4 is 10.6 Å². The van der Waals surface area contributed by atoms with Crippen molar-refractivity contribution < 1.29 is 0 Å². The molecule has 4 nitrogen and oxygen atoms in total. The average Bonchev–Trinajstić information content (AvgIpc) is 2.57. The molecule has 0 aliphatic carbocycles. The lowest BCUT2D eigenvalue weighted by molar-refractivity contribution is 0.0765. The Morgan fingerprint density at radius 1 is 0.406 bits per heavy atom. The van der Waals surface area contributed by atoms with E-state index in [4.69, 9.17) is 0 Å². The summed E-state index contributed by atoms with van der Waals surface area (Å²) in [5, 5.41) is 7.56. The molecule has 2 rings (SSSR count). The third kappa shape index (κ3) is 11.3. The third-order valence-electron chi connectivity index (χ3n) is 7.03. The minimum Gasteiger partial charge on any atom is -0.304 e. The van der Waals surface area contributed by atoms with Gasteiger partial charge in [-0.15, -0.1) is 0 Å². The summed E-state index contributed by atoms with van der Waals surface area (Å²) in [6, 6.07) is 0. The van der Waals surface area contributed by atoms with Gasteiger partial charge in [0.15, 0.2) is 0 Å². The fraction of sp³-hybridized carbons (Fsp3) is 1.00. The van der Waals surface area contributed by atoms with Crippen molar-refractivity contribution in [2.45, 2.75) is 142 Å². The molecule has 0 aromatic heterocycles. The zero-order valence-corrected chi connectivity index (χ0v) is 23.2. The van der Waals surface area contributed by atoms with E-state index in [9.17, 15) is 0 Å². The van der Waals surface area contributed by atoms with E-state index in [0.717, 1.165) is 0 Å². The highest BCUT2D eigenvalue weighted by Crippen LogP contribution is 2.22. The minimum absolute atomic E-state index is 0.236. The van der Waals surface area contributed by atoms with Gasteiger partial charge in [-0.1, -0.05) is 51.4 Å². The maximum absolute atomic E-state index is 3.78. The molecule has 0 amide bonds. The van der Waals surface area contributed by atoms with E-state index >= 15 is 0 Å². The van der Waals surface area contributed by atoms with Gasteiger partial charge >= 0.3 is 0 Å². The first-order chi connectivity index (χ1) is 14.8. The monoisotopic (exact) mass is 450 g/mol. The van der Waals surface area contributed by atoms with E-state index in [0.29, 0.717) is 0 Å². The summed E-state index contributed by atoms with van der Waals surface area (Å²) in [6.45, 7) is 26.0. The first-order valence-electron chi connectivity index (χ1n) is 13.8. The first-order valence-corrected chi connectivity index (χ1v) is 13.8. The van der Waals surface area contributed by atoms with Gasteiger partial charge in [0.25, 0.3) is 0 Å². The molecule has 0 bridgehead atoms. The molecular formula is C28H58N4. The van der Waals surface area contributed by atoms with Gasteiger partial charge in [-0.05, 0) is 81.3 Å². The first kappa shape index (κ1) is 28.1. The second-order valence-electron chi connectivity index (χ2n) is 13.7. The van der Waals surface area contributed by atoms with Crippen molar-refractivity contribution in [1.82, 2.24) is 20.4 Å². The summed E-state index contributed by atoms with van der Waals surface area (Å²) >= 11 is 0. The second-order valence-corrected chi connectivity index (χ2v) is 13.7. The van der Waals surface area contributed by atoms with Gasteiger partial charge in [-0.3, -0.25) is 9.80 Å². The van der Waals surface area contributed by atoms with Gasteiger partial charge in [-0.25, -0.2) is 0 Å². The van der Waals surface area contributed by atoms with Crippen LogP contribution in [0.2, 0.25) is 0 Å². The number of unbranched alkanes of at least 4 members (excludes halogenated alkanes) is 9. The summed E-state index contributed by atoms with van der Waals surface area (Å²) in [5.41, 5.74) is 0.944. The van der Waals surface area contributed by atoms with Crippen LogP contribution >= 0.6 is 0 Å². The van der Waals surface area contributed by atoms with Crippen molar-refractivity contribution in [1.29, 1.82) is 0 Å². The molecule has 0 spiro atoms. The van der Waals surface area contributed by atoms with Gasteiger partial charge < -0.3 is 10.6 Å². The molecular weight excluding hydrogens is 392 g/mol. The van der Waals surface area contributed by atoms with Crippen LogP contribution in [-0.4, -0.2) is 71.2 Å². The standard InChI is InChI=1S/C28H58N4/c1-25(2)21-31(22-26(3,4)29-25)19-17-15-13-11-9-10-12-14-16-18-20-32-23-27(5,6)30-28(7,8)24-32/h29-30H,9-24H2,1-8H3. The summed E-state index contributed by atoms with van der Waals surface area (Å²) < 4.78 is 0. The molecule has 0 saturated carbocycles. The zero-order valence-electron chi connectivity index (χ0n) is 23.2. The Labute approximate surface area is 201 Å².